The van der Waals surface area contributed by atoms with E-state index in [1.807, 2.05) is 0 Å². The Labute approximate surface area is 181 Å². The monoisotopic (exact) mass is 436 g/mol. The Bertz CT molecular complexity index is 1180. The molecule has 0 fully saturated rings. The topological polar surface area (TPSA) is 94.8 Å². The van der Waals surface area contributed by atoms with Gasteiger partial charge in [-0.15, -0.1) is 5.10 Å². The maximum Gasteiger partial charge on any atom is 0.278 e. The fourth-order valence-corrected chi connectivity index (χ4v) is 3.58. The predicted molar refractivity (Wildman–Crippen MR) is 114 cm³/mol. The summed E-state index contributed by atoms with van der Waals surface area (Å²) in [6.45, 7) is 0. The van der Waals surface area contributed by atoms with Gasteiger partial charge >= 0.3 is 0 Å². The minimum Gasteiger partial charge on any atom is -0.497 e. The van der Waals surface area contributed by atoms with Crippen molar-refractivity contribution in [1.29, 1.82) is 0 Å². The van der Waals surface area contributed by atoms with E-state index in [1.165, 1.54) is 28.6 Å². The number of hydrogen-bond acceptors (Lipinski definition) is 7. The molecule has 0 radical (unpaired) electrons. The van der Waals surface area contributed by atoms with Crippen LogP contribution in [0.2, 0.25) is 0 Å². The van der Waals surface area contributed by atoms with Gasteiger partial charge in [0.15, 0.2) is 10.9 Å². The van der Waals surface area contributed by atoms with Gasteiger partial charge in [-0.1, -0.05) is 23.0 Å². The van der Waals surface area contributed by atoms with E-state index in [2.05, 4.69) is 25.6 Å². The fraction of sp³-hybridized carbons (Fsp3) is 0.0952. The highest BCUT2D eigenvalue weighted by atomic mass is 32.2. The summed E-state index contributed by atoms with van der Waals surface area (Å²) in [5.41, 5.74) is 1.82. The lowest BCUT2D eigenvalue weighted by Gasteiger charge is -2.09. The zero-order valence-electron chi connectivity index (χ0n) is 16.4. The van der Waals surface area contributed by atoms with Gasteiger partial charge in [-0.25, -0.2) is 19.0 Å². The number of carbonyl (C=O) groups is 1. The number of methoxy groups -OCH3 is 1. The number of aromatic nitrogens is 5. The van der Waals surface area contributed by atoms with Gasteiger partial charge in [-0.05, 0) is 42.5 Å². The minimum absolute atomic E-state index is 0.149. The molecule has 0 unspecified atom stereocenters. The Morgan fingerprint density at radius 3 is 2.65 bits per heavy atom. The lowest BCUT2D eigenvalue weighted by molar-refractivity contribution is 0.102. The highest BCUT2D eigenvalue weighted by molar-refractivity contribution is 7.98. The van der Waals surface area contributed by atoms with Crippen molar-refractivity contribution in [3.05, 3.63) is 84.2 Å². The lowest BCUT2D eigenvalue weighted by Crippen LogP contribution is -2.15. The predicted octanol–water partition coefficient (Wildman–Crippen LogP) is 3.75. The van der Waals surface area contributed by atoms with E-state index >= 15 is 0 Å². The number of benzene rings is 2. The molecular formula is C21H17FN6O2S. The molecule has 0 saturated heterocycles. The maximum atomic E-state index is 13.4. The minimum atomic E-state index is -0.425. The van der Waals surface area contributed by atoms with E-state index in [1.54, 1.807) is 62.0 Å². The van der Waals surface area contributed by atoms with Crippen LogP contribution in [-0.4, -0.2) is 38.0 Å². The molecule has 2 aromatic heterocycles. The number of anilines is 1. The summed E-state index contributed by atoms with van der Waals surface area (Å²) in [5.74, 6) is 0.152. The van der Waals surface area contributed by atoms with Crippen LogP contribution >= 0.6 is 11.8 Å². The Kier molecular flexibility index (Phi) is 6.18. The van der Waals surface area contributed by atoms with E-state index in [4.69, 9.17) is 4.74 Å². The maximum absolute atomic E-state index is 13.4. The molecule has 0 spiro atoms. The molecule has 1 N–H and O–H groups in total. The number of rotatable bonds is 7. The molecule has 4 aromatic rings. The first-order valence-electron chi connectivity index (χ1n) is 9.20. The molecule has 0 atom stereocenters. The Hall–Kier alpha value is -3.79. The van der Waals surface area contributed by atoms with Crippen molar-refractivity contribution in [2.45, 2.75) is 10.9 Å². The molecule has 0 bridgehead atoms. The van der Waals surface area contributed by atoms with E-state index in [0.29, 0.717) is 33.7 Å². The lowest BCUT2D eigenvalue weighted by atomic mass is 10.2. The van der Waals surface area contributed by atoms with E-state index < -0.39 is 5.91 Å². The largest absolute Gasteiger partial charge is 0.497 e. The molecule has 0 aliphatic carbocycles. The van der Waals surface area contributed by atoms with Gasteiger partial charge in [0, 0.05) is 29.9 Å². The highest BCUT2D eigenvalue weighted by Crippen LogP contribution is 2.24. The third-order valence-electron chi connectivity index (χ3n) is 4.26. The second kappa shape index (κ2) is 9.35. The Balaban J connectivity index is 1.65. The summed E-state index contributed by atoms with van der Waals surface area (Å²) in [6.07, 6.45) is 3.28. The molecule has 0 aliphatic heterocycles. The molecule has 10 heteroatoms. The van der Waals surface area contributed by atoms with Crippen molar-refractivity contribution in [3.8, 4) is 11.4 Å². The molecule has 2 heterocycles. The van der Waals surface area contributed by atoms with Gasteiger partial charge in [-0.3, -0.25) is 4.79 Å². The fourth-order valence-electron chi connectivity index (χ4n) is 2.78. The van der Waals surface area contributed by atoms with Crippen molar-refractivity contribution in [3.63, 3.8) is 0 Å². The summed E-state index contributed by atoms with van der Waals surface area (Å²) < 4.78 is 20.1. The van der Waals surface area contributed by atoms with Crippen LogP contribution in [0.1, 0.15) is 16.2 Å². The van der Waals surface area contributed by atoms with Crippen molar-refractivity contribution < 1.29 is 13.9 Å². The first kappa shape index (κ1) is 20.5. The smallest absolute Gasteiger partial charge is 0.278 e. The number of amides is 1. The quantitative estimate of drug-likeness (QED) is 0.348. The molecule has 0 saturated carbocycles. The second-order valence-electron chi connectivity index (χ2n) is 6.28. The van der Waals surface area contributed by atoms with Crippen molar-refractivity contribution in [2.75, 3.05) is 12.4 Å². The van der Waals surface area contributed by atoms with Gasteiger partial charge < -0.3 is 10.1 Å². The van der Waals surface area contributed by atoms with Gasteiger partial charge in [0.25, 0.3) is 5.91 Å². The number of nitrogens with one attached hydrogen (secondary N) is 1. The van der Waals surface area contributed by atoms with Gasteiger partial charge in [0.2, 0.25) is 0 Å². The average Bonchev–Trinajstić information content (AvgIpc) is 3.23. The van der Waals surface area contributed by atoms with Crippen LogP contribution in [0.5, 0.6) is 5.75 Å². The van der Waals surface area contributed by atoms with Crippen LogP contribution in [0, 0.1) is 5.82 Å². The molecule has 156 valence electrons. The molecule has 8 nitrogen and oxygen atoms in total. The van der Waals surface area contributed by atoms with Crippen LogP contribution in [-0.2, 0) is 5.75 Å². The first-order valence-corrected chi connectivity index (χ1v) is 10.2. The van der Waals surface area contributed by atoms with Crippen molar-refractivity contribution >= 4 is 23.4 Å². The molecule has 1 amide bonds. The highest BCUT2D eigenvalue weighted by Gasteiger charge is 2.21. The molecule has 2 aromatic carbocycles. The van der Waals surface area contributed by atoms with Crippen LogP contribution in [0.15, 0.2) is 72.1 Å². The zero-order valence-corrected chi connectivity index (χ0v) is 17.2. The third-order valence-corrected chi connectivity index (χ3v) is 5.14. The number of halogens is 1. The number of thioether (sulfide) groups is 1. The van der Waals surface area contributed by atoms with E-state index in [-0.39, 0.29) is 11.5 Å². The standard InChI is InChI=1S/C21H17FN6O2S/c1-30-17-5-2-4-15(12-17)25-20(29)19-18(13-31-21-23-10-3-11-24-21)28(27-26-19)16-8-6-14(22)7-9-16/h2-12H,13H2,1H3,(H,25,29). The summed E-state index contributed by atoms with van der Waals surface area (Å²) >= 11 is 1.34. The molecule has 0 aliphatic rings. The Morgan fingerprint density at radius 2 is 1.90 bits per heavy atom. The summed E-state index contributed by atoms with van der Waals surface area (Å²) in [5, 5.41) is 11.6. The number of carbonyl (C=O) groups excluding carboxylic acids is 1. The summed E-state index contributed by atoms with van der Waals surface area (Å²) in [6, 6.07) is 14.5. The summed E-state index contributed by atoms with van der Waals surface area (Å²) in [7, 11) is 1.55. The van der Waals surface area contributed by atoms with Crippen LogP contribution in [0.25, 0.3) is 5.69 Å². The number of hydrogen-bond donors (Lipinski definition) is 1. The zero-order chi connectivity index (χ0) is 21.6. The second-order valence-corrected chi connectivity index (χ2v) is 7.22. The number of nitrogens with zero attached hydrogens (tertiary/aromatic N) is 5. The molecule has 31 heavy (non-hydrogen) atoms. The van der Waals surface area contributed by atoms with Gasteiger partial charge in [-0.2, -0.15) is 0 Å². The van der Waals surface area contributed by atoms with Crippen molar-refractivity contribution in [2.24, 2.45) is 0 Å². The van der Waals surface area contributed by atoms with Crippen LogP contribution in [0.3, 0.4) is 0 Å². The van der Waals surface area contributed by atoms with Gasteiger partial charge in [0.1, 0.15) is 11.6 Å². The molecule has 4 rings (SSSR count). The SMILES string of the molecule is COc1cccc(NC(=O)c2nnn(-c3ccc(F)cc3)c2CSc2ncccn2)c1. The van der Waals surface area contributed by atoms with E-state index in [0.717, 1.165) is 0 Å². The molecular weight excluding hydrogens is 419 g/mol. The number of ether oxygens (including phenoxy) is 1. The third kappa shape index (κ3) is 4.86. The first-order chi connectivity index (χ1) is 15.1. The normalized spacial score (nSPS) is 10.6. The Morgan fingerprint density at radius 1 is 1.13 bits per heavy atom. The summed E-state index contributed by atoms with van der Waals surface area (Å²) in [4.78, 5) is 21.4. The average molecular weight is 436 g/mol. The van der Waals surface area contributed by atoms with Crippen LogP contribution in [0.4, 0.5) is 10.1 Å². The van der Waals surface area contributed by atoms with E-state index in [9.17, 15) is 9.18 Å². The van der Waals surface area contributed by atoms with Gasteiger partial charge in [0.05, 0.1) is 18.5 Å². The van der Waals surface area contributed by atoms with Crippen molar-refractivity contribution in [1.82, 2.24) is 25.0 Å². The van der Waals surface area contributed by atoms with Crippen LogP contribution < -0.4 is 10.1 Å².